The molecule has 0 spiro atoms. The van der Waals surface area contributed by atoms with Crippen molar-refractivity contribution >= 4 is 11.8 Å². The summed E-state index contributed by atoms with van der Waals surface area (Å²) in [5.41, 5.74) is 1.27. The maximum absolute atomic E-state index is 12.3. The molecule has 2 unspecified atom stereocenters. The number of hydrogen-bond donors (Lipinski definition) is 1. The van der Waals surface area contributed by atoms with Gasteiger partial charge in [-0.05, 0) is 24.3 Å². The highest BCUT2D eigenvalue weighted by Crippen LogP contribution is 2.19. The highest BCUT2D eigenvalue weighted by atomic mass is 16.2. The van der Waals surface area contributed by atoms with Crippen molar-refractivity contribution in [1.82, 2.24) is 10.2 Å². The summed E-state index contributed by atoms with van der Waals surface area (Å²) in [5, 5.41) is 2.79. The minimum atomic E-state index is -0.330. The van der Waals surface area contributed by atoms with Crippen LogP contribution in [0, 0.1) is 0 Å². The summed E-state index contributed by atoms with van der Waals surface area (Å²) in [7, 11) is 0. The fraction of sp³-hybridized carbons (Fsp3) is 0.529. The summed E-state index contributed by atoms with van der Waals surface area (Å²) in [4.78, 5) is 25.7. The van der Waals surface area contributed by atoms with Crippen LogP contribution >= 0.6 is 0 Å². The lowest BCUT2D eigenvalue weighted by Crippen LogP contribution is -2.58. The summed E-state index contributed by atoms with van der Waals surface area (Å²) in [6.45, 7) is 5.02. The molecule has 0 radical (unpaired) electrons. The monoisotopic (exact) mass is 288 g/mol. The molecule has 2 atom stereocenters. The second-order valence-corrected chi connectivity index (χ2v) is 5.77. The molecule has 21 heavy (non-hydrogen) atoms. The molecule has 1 fully saturated rings. The van der Waals surface area contributed by atoms with Gasteiger partial charge in [0, 0.05) is 6.54 Å². The number of carbonyl (C=O) groups is 2. The first-order chi connectivity index (χ1) is 10.1. The van der Waals surface area contributed by atoms with Crippen LogP contribution in [0.5, 0.6) is 0 Å². The number of piperazine rings is 1. The lowest BCUT2D eigenvalue weighted by molar-refractivity contribution is -0.144. The average Bonchev–Trinajstić information content (AvgIpc) is 2.50. The van der Waals surface area contributed by atoms with Gasteiger partial charge in [-0.15, -0.1) is 0 Å². The predicted molar refractivity (Wildman–Crippen MR) is 82.9 cm³/mol. The number of benzene rings is 1. The zero-order chi connectivity index (χ0) is 15.2. The van der Waals surface area contributed by atoms with Gasteiger partial charge in [0.2, 0.25) is 11.8 Å². The van der Waals surface area contributed by atoms with Crippen molar-refractivity contribution in [1.29, 1.82) is 0 Å². The normalized spacial score (nSPS) is 20.3. The molecule has 1 aliphatic heterocycles. The summed E-state index contributed by atoms with van der Waals surface area (Å²) >= 11 is 0. The fourth-order valence-electron chi connectivity index (χ4n) is 2.74. The van der Waals surface area contributed by atoms with Gasteiger partial charge in [0.05, 0.1) is 6.54 Å². The molecule has 4 nitrogen and oxygen atoms in total. The van der Waals surface area contributed by atoms with Crippen LogP contribution in [0.1, 0.15) is 44.6 Å². The topological polar surface area (TPSA) is 49.4 Å². The van der Waals surface area contributed by atoms with E-state index in [1.807, 2.05) is 25.1 Å². The van der Waals surface area contributed by atoms with Crippen LogP contribution in [0.25, 0.3) is 0 Å². The Morgan fingerprint density at radius 1 is 1.29 bits per heavy atom. The number of hydrogen-bond acceptors (Lipinski definition) is 2. The summed E-state index contributed by atoms with van der Waals surface area (Å²) < 4.78 is 0. The van der Waals surface area contributed by atoms with Crippen molar-refractivity contribution in [2.75, 3.05) is 13.1 Å². The Hall–Kier alpha value is -1.84. The molecule has 2 amide bonds. The SMILES string of the molecule is CCCC1NC(=O)CN(CCC(C)c2ccccc2)C1=O. The van der Waals surface area contributed by atoms with E-state index in [1.165, 1.54) is 5.56 Å². The van der Waals surface area contributed by atoms with Gasteiger partial charge < -0.3 is 10.2 Å². The molecular formula is C17H24N2O2. The van der Waals surface area contributed by atoms with E-state index in [0.717, 1.165) is 19.3 Å². The molecule has 4 heteroatoms. The van der Waals surface area contributed by atoms with E-state index in [2.05, 4.69) is 24.4 Å². The first kappa shape index (κ1) is 15.5. The fourth-order valence-corrected chi connectivity index (χ4v) is 2.74. The van der Waals surface area contributed by atoms with Crippen LogP contribution in [0.4, 0.5) is 0 Å². The summed E-state index contributed by atoms with van der Waals surface area (Å²) in [5.74, 6) is 0.408. The molecule has 0 saturated carbocycles. The van der Waals surface area contributed by atoms with E-state index in [1.54, 1.807) is 4.90 Å². The largest absolute Gasteiger partial charge is 0.343 e. The number of nitrogens with zero attached hydrogens (tertiary/aromatic N) is 1. The Morgan fingerprint density at radius 2 is 2.00 bits per heavy atom. The van der Waals surface area contributed by atoms with Crippen LogP contribution in [0.2, 0.25) is 0 Å². The predicted octanol–water partition coefficient (Wildman–Crippen LogP) is 2.31. The van der Waals surface area contributed by atoms with Crippen LogP contribution in [0.3, 0.4) is 0 Å². The number of amides is 2. The van der Waals surface area contributed by atoms with E-state index in [4.69, 9.17) is 0 Å². The molecule has 2 rings (SSSR count). The Kier molecular flexibility index (Phi) is 5.37. The van der Waals surface area contributed by atoms with Gasteiger partial charge in [-0.1, -0.05) is 50.6 Å². The van der Waals surface area contributed by atoms with Crippen LogP contribution in [-0.2, 0) is 9.59 Å². The van der Waals surface area contributed by atoms with Gasteiger partial charge in [0.1, 0.15) is 6.04 Å². The third-order valence-electron chi connectivity index (χ3n) is 4.06. The van der Waals surface area contributed by atoms with Gasteiger partial charge in [-0.25, -0.2) is 0 Å². The van der Waals surface area contributed by atoms with Crippen molar-refractivity contribution < 1.29 is 9.59 Å². The van der Waals surface area contributed by atoms with Crippen LogP contribution in [-0.4, -0.2) is 35.8 Å². The average molecular weight is 288 g/mol. The molecule has 1 aromatic carbocycles. The number of nitrogens with one attached hydrogen (secondary N) is 1. The quantitative estimate of drug-likeness (QED) is 0.873. The molecule has 0 aliphatic carbocycles. The van der Waals surface area contributed by atoms with Crippen molar-refractivity contribution in [3.63, 3.8) is 0 Å². The standard InChI is InChI=1S/C17H24N2O2/c1-3-7-15-17(21)19(12-16(20)18-15)11-10-13(2)14-8-5-4-6-9-14/h4-6,8-9,13,15H,3,7,10-12H2,1-2H3,(H,18,20). The second-order valence-electron chi connectivity index (χ2n) is 5.77. The van der Waals surface area contributed by atoms with Gasteiger partial charge in [0.15, 0.2) is 0 Å². The maximum atomic E-state index is 12.3. The molecule has 1 saturated heterocycles. The van der Waals surface area contributed by atoms with Crippen molar-refractivity contribution in [3.05, 3.63) is 35.9 Å². The zero-order valence-electron chi connectivity index (χ0n) is 12.8. The van der Waals surface area contributed by atoms with E-state index < -0.39 is 0 Å². The van der Waals surface area contributed by atoms with Gasteiger partial charge in [0.25, 0.3) is 0 Å². The molecule has 1 heterocycles. The lowest BCUT2D eigenvalue weighted by Gasteiger charge is -2.33. The first-order valence-electron chi connectivity index (χ1n) is 7.75. The number of carbonyl (C=O) groups excluding carboxylic acids is 2. The summed E-state index contributed by atoms with van der Waals surface area (Å²) in [6, 6.07) is 9.95. The molecular weight excluding hydrogens is 264 g/mol. The van der Waals surface area contributed by atoms with Crippen molar-refractivity contribution in [2.24, 2.45) is 0 Å². The molecule has 1 aromatic rings. The van der Waals surface area contributed by atoms with Crippen LogP contribution in [0.15, 0.2) is 30.3 Å². The van der Waals surface area contributed by atoms with Gasteiger partial charge >= 0.3 is 0 Å². The molecule has 1 N–H and O–H groups in total. The smallest absolute Gasteiger partial charge is 0.245 e. The van der Waals surface area contributed by atoms with E-state index in [-0.39, 0.29) is 24.4 Å². The summed E-state index contributed by atoms with van der Waals surface area (Å²) in [6.07, 6.45) is 2.49. The molecule has 1 aliphatic rings. The van der Waals surface area contributed by atoms with Gasteiger partial charge in [-0.2, -0.15) is 0 Å². The number of rotatable bonds is 6. The van der Waals surface area contributed by atoms with Crippen molar-refractivity contribution in [3.8, 4) is 0 Å². The molecule has 0 bridgehead atoms. The van der Waals surface area contributed by atoms with Crippen LogP contribution < -0.4 is 5.32 Å². The van der Waals surface area contributed by atoms with E-state index >= 15 is 0 Å². The Bertz CT molecular complexity index is 487. The Morgan fingerprint density at radius 3 is 2.67 bits per heavy atom. The van der Waals surface area contributed by atoms with Gasteiger partial charge in [-0.3, -0.25) is 9.59 Å². The third kappa shape index (κ3) is 4.06. The zero-order valence-corrected chi connectivity index (χ0v) is 12.8. The Labute approximate surface area is 126 Å². The lowest BCUT2D eigenvalue weighted by atomic mass is 9.97. The second kappa shape index (κ2) is 7.25. The Balaban J connectivity index is 1.92. The third-order valence-corrected chi connectivity index (χ3v) is 4.06. The maximum Gasteiger partial charge on any atom is 0.245 e. The minimum Gasteiger partial charge on any atom is -0.343 e. The molecule has 114 valence electrons. The van der Waals surface area contributed by atoms with E-state index in [9.17, 15) is 9.59 Å². The molecule has 0 aromatic heterocycles. The van der Waals surface area contributed by atoms with E-state index in [0.29, 0.717) is 12.5 Å². The first-order valence-corrected chi connectivity index (χ1v) is 7.75. The minimum absolute atomic E-state index is 0.0413. The highest BCUT2D eigenvalue weighted by Gasteiger charge is 2.31. The van der Waals surface area contributed by atoms with Crippen molar-refractivity contribution in [2.45, 2.75) is 45.1 Å². The highest BCUT2D eigenvalue weighted by molar-refractivity contribution is 5.94.